The zero-order valence-corrected chi connectivity index (χ0v) is 21.1. The summed E-state index contributed by atoms with van der Waals surface area (Å²) in [4.78, 5) is 12.5. The van der Waals surface area contributed by atoms with Crippen LogP contribution in [-0.4, -0.2) is 39.6 Å². The Bertz CT molecular complexity index is 1120. The van der Waals surface area contributed by atoms with Gasteiger partial charge in [0.25, 0.3) is 0 Å². The van der Waals surface area contributed by atoms with Crippen molar-refractivity contribution in [2.24, 2.45) is 0 Å². The Morgan fingerprint density at radius 3 is 2.76 bits per heavy atom. The van der Waals surface area contributed by atoms with Gasteiger partial charge in [0.05, 0.1) is 29.7 Å². The zero-order chi connectivity index (χ0) is 24.3. The van der Waals surface area contributed by atoms with Crippen LogP contribution >= 0.6 is 35.0 Å². The second-order valence-corrected chi connectivity index (χ2v) is 8.88. The minimum atomic E-state index is -0.153. The zero-order valence-electron chi connectivity index (χ0n) is 18.8. The first kappa shape index (κ1) is 25.9. The molecular formula is C24H26Cl2N4O3S. The highest BCUT2D eigenvalue weighted by Crippen LogP contribution is 2.28. The predicted molar refractivity (Wildman–Crippen MR) is 137 cm³/mol. The van der Waals surface area contributed by atoms with Crippen molar-refractivity contribution in [2.75, 3.05) is 24.3 Å². The number of thioether (sulfide) groups is 1. The number of amides is 1. The van der Waals surface area contributed by atoms with Crippen LogP contribution in [0.2, 0.25) is 10.0 Å². The monoisotopic (exact) mass is 520 g/mol. The van der Waals surface area contributed by atoms with Gasteiger partial charge < -0.3 is 19.4 Å². The number of hydrogen-bond acceptors (Lipinski definition) is 6. The van der Waals surface area contributed by atoms with Crippen LogP contribution in [0, 0.1) is 0 Å². The fourth-order valence-electron chi connectivity index (χ4n) is 3.10. The van der Waals surface area contributed by atoms with Gasteiger partial charge in [-0.1, -0.05) is 53.2 Å². The van der Waals surface area contributed by atoms with Gasteiger partial charge in [0.1, 0.15) is 17.3 Å². The molecule has 0 aliphatic carbocycles. The topological polar surface area (TPSA) is 78.3 Å². The number of carbonyl (C=O) groups excluding carboxylic acids is 1. The lowest BCUT2D eigenvalue weighted by Gasteiger charge is -2.11. The molecule has 180 valence electrons. The van der Waals surface area contributed by atoms with Crippen molar-refractivity contribution in [1.29, 1.82) is 0 Å². The lowest BCUT2D eigenvalue weighted by atomic mass is 10.3. The molecule has 3 rings (SSSR count). The van der Waals surface area contributed by atoms with Crippen LogP contribution in [0.5, 0.6) is 11.5 Å². The van der Waals surface area contributed by atoms with E-state index in [-0.39, 0.29) is 11.7 Å². The molecule has 0 atom stereocenters. The summed E-state index contributed by atoms with van der Waals surface area (Å²) in [7, 11) is 0. The molecule has 0 spiro atoms. The maximum atomic E-state index is 12.5. The molecule has 0 saturated heterocycles. The van der Waals surface area contributed by atoms with Crippen LogP contribution in [-0.2, 0) is 17.8 Å². The molecule has 2 aromatic carbocycles. The second kappa shape index (κ2) is 13.3. The number of carbonyl (C=O) groups is 1. The molecule has 0 aliphatic rings. The highest BCUT2D eigenvalue weighted by molar-refractivity contribution is 7.99. The average Bonchev–Trinajstić information content (AvgIpc) is 3.19. The van der Waals surface area contributed by atoms with Gasteiger partial charge >= 0.3 is 0 Å². The summed E-state index contributed by atoms with van der Waals surface area (Å²) in [6, 6.07) is 12.5. The van der Waals surface area contributed by atoms with Crippen LogP contribution in [0.15, 0.2) is 60.3 Å². The van der Waals surface area contributed by atoms with Gasteiger partial charge in [-0.3, -0.25) is 4.79 Å². The summed E-state index contributed by atoms with van der Waals surface area (Å²) in [5.74, 6) is 2.07. The number of ether oxygens (including phenoxy) is 2. The van der Waals surface area contributed by atoms with Crippen molar-refractivity contribution in [3.05, 3.63) is 71.0 Å². The highest BCUT2D eigenvalue weighted by Gasteiger charge is 2.15. The fourth-order valence-corrected chi connectivity index (χ4v) is 4.33. The molecule has 34 heavy (non-hydrogen) atoms. The third-order valence-electron chi connectivity index (χ3n) is 4.59. The van der Waals surface area contributed by atoms with Crippen LogP contribution in [0.25, 0.3) is 0 Å². The molecule has 0 saturated carbocycles. The van der Waals surface area contributed by atoms with E-state index in [1.54, 1.807) is 24.3 Å². The molecule has 10 heteroatoms. The minimum Gasteiger partial charge on any atom is -0.492 e. The van der Waals surface area contributed by atoms with E-state index < -0.39 is 0 Å². The third kappa shape index (κ3) is 7.41. The highest BCUT2D eigenvalue weighted by atomic mass is 35.5. The summed E-state index contributed by atoms with van der Waals surface area (Å²) >= 11 is 13.4. The maximum absolute atomic E-state index is 12.5. The van der Waals surface area contributed by atoms with Gasteiger partial charge in [-0.25, -0.2) is 0 Å². The molecule has 0 bridgehead atoms. The number of aromatic nitrogens is 3. The van der Waals surface area contributed by atoms with Crippen LogP contribution in [0.4, 0.5) is 5.69 Å². The lowest BCUT2D eigenvalue weighted by molar-refractivity contribution is -0.113. The number of benzene rings is 2. The van der Waals surface area contributed by atoms with E-state index in [1.165, 1.54) is 11.8 Å². The first-order valence-electron chi connectivity index (χ1n) is 10.8. The molecule has 1 aromatic heterocycles. The van der Waals surface area contributed by atoms with Crippen molar-refractivity contribution in [2.45, 2.75) is 31.5 Å². The Morgan fingerprint density at radius 2 is 2.00 bits per heavy atom. The predicted octanol–water partition coefficient (Wildman–Crippen LogP) is 5.91. The van der Waals surface area contributed by atoms with E-state index in [2.05, 4.69) is 22.1 Å². The van der Waals surface area contributed by atoms with Gasteiger partial charge in [0, 0.05) is 18.0 Å². The van der Waals surface area contributed by atoms with Crippen molar-refractivity contribution in [3.8, 4) is 11.5 Å². The third-order valence-corrected chi connectivity index (χ3v) is 6.09. The maximum Gasteiger partial charge on any atom is 0.234 e. The van der Waals surface area contributed by atoms with Crippen molar-refractivity contribution in [1.82, 2.24) is 14.8 Å². The van der Waals surface area contributed by atoms with Gasteiger partial charge in [-0.15, -0.1) is 16.8 Å². The molecule has 1 N–H and O–H groups in total. The second-order valence-electron chi connectivity index (χ2n) is 7.09. The first-order valence-corrected chi connectivity index (χ1v) is 12.5. The number of allylic oxidation sites excluding steroid dienone is 1. The van der Waals surface area contributed by atoms with E-state index in [0.29, 0.717) is 65.0 Å². The Kier molecular flexibility index (Phi) is 10.1. The molecule has 0 aliphatic heterocycles. The first-order chi connectivity index (χ1) is 16.5. The van der Waals surface area contributed by atoms with Crippen LogP contribution < -0.4 is 14.8 Å². The summed E-state index contributed by atoms with van der Waals surface area (Å²) < 4.78 is 13.3. The molecule has 7 nitrogen and oxygen atoms in total. The molecular weight excluding hydrogens is 495 g/mol. The van der Waals surface area contributed by atoms with Crippen LogP contribution in [0.3, 0.4) is 0 Å². The van der Waals surface area contributed by atoms with E-state index in [9.17, 15) is 4.79 Å². The molecule has 0 fully saturated rings. The number of nitrogens with zero attached hydrogens (tertiary/aromatic N) is 3. The Labute approximate surface area is 213 Å². The van der Waals surface area contributed by atoms with Gasteiger partial charge in [0.2, 0.25) is 5.91 Å². The molecule has 1 heterocycles. The number of rotatable bonds is 13. The molecule has 0 radical (unpaired) electrons. The van der Waals surface area contributed by atoms with Crippen molar-refractivity contribution >= 4 is 46.6 Å². The molecule has 0 unspecified atom stereocenters. The van der Waals surface area contributed by atoms with Crippen molar-refractivity contribution < 1.29 is 14.3 Å². The number of nitrogens with one attached hydrogen (secondary N) is 1. The van der Waals surface area contributed by atoms with Gasteiger partial charge in [-0.05, 0) is 43.7 Å². The fraction of sp³-hybridized carbons (Fsp3) is 0.292. The lowest BCUT2D eigenvalue weighted by Crippen LogP contribution is -2.15. The smallest absolute Gasteiger partial charge is 0.234 e. The van der Waals surface area contributed by atoms with Gasteiger partial charge in [0.15, 0.2) is 5.16 Å². The Balaban J connectivity index is 1.54. The Morgan fingerprint density at radius 1 is 1.18 bits per heavy atom. The van der Waals surface area contributed by atoms with Crippen molar-refractivity contribution in [3.63, 3.8) is 0 Å². The summed E-state index contributed by atoms with van der Waals surface area (Å²) in [6.07, 6.45) is 3.15. The summed E-state index contributed by atoms with van der Waals surface area (Å²) in [5, 5.41) is 13.2. The largest absolute Gasteiger partial charge is 0.492 e. The summed E-state index contributed by atoms with van der Waals surface area (Å²) in [6.45, 7) is 7.25. The van der Waals surface area contributed by atoms with E-state index in [0.717, 1.165) is 5.82 Å². The minimum absolute atomic E-state index is 0.153. The standard InChI is InChI=1S/C24H26Cl2N4O3S/c1-3-13-30-22(10-7-14-33-20-12-11-17(25)15-18(20)26)28-29-24(30)34-16-23(31)27-19-8-5-6-9-21(19)32-4-2/h3,5-6,8-9,11-12,15H,1,4,7,10,13-14,16H2,2H3,(H,27,31). The number of aryl methyl sites for hydroxylation is 1. The van der Waals surface area contributed by atoms with E-state index in [4.69, 9.17) is 32.7 Å². The molecule has 1 amide bonds. The number of anilines is 1. The number of halogens is 2. The Hall–Kier alpha value is -2.68. The van der Waals surface area contributed by atoms with E-state index in [1.807, 2.05) is 35.8 Å². The van der Waals surface area contributed by atoms with E-state index >= 15 is 0 Å². The quantitative estimate of drug-likeness (QED) is 0.171. The number of para-hydroxylation sites is 2. The van der Waals surface area contributed by atoms with Crippen LogP contribution in [0.1, 0.15) is 19.2 Å². The summed E-state index contributed by atoms with van der Waals surface area (Å²) in [5.41, 5.74) is 0.643. The molecule has 3 aromatic rings. The number of hydrogen-bond donors (Lipinski definition) is 1. The SMILES string of the molecule is C=CCn1c(CCCOc2ccc(Cl)cc2Cl)nnc1SCC(=O)Nc1ccccc1OCC. The van der Waals surface area contributed by atoms with Gasteiger partial charge in [-0.2, -0.15) is 0 Å². The normalized spacial score (nSPS) is 10.7. The average molecular weight is 521 g/mol.